The van der Waals surface area contributed by atoms with Gasteiger partial charge >= 0.3 is 0 Å². The number of amides is 1. The van der Waals surface area contributed by atoms with E-state index in [1.807, 2.05) is 37.4 Å². The summed E-state index contributed by atoms with van der Waals surface area (Å²) in [7, 11) is 1.82. The molecule has 152 valence electrons. The summed E-state index contributed by atoms with van der Waals surface area (Å²) >= 11 is 0. The van der Waals surface area contributed by atoms with Gasteiger partial charge in [0.2, 0.25) is 5.91 Å². The summed E-state index contributed by atoms with van der Waals surface area (Å²) in [6.45, 7) is 4.76. The third-order valence-electron chi connectivity index (χ3n) is 5.62. The Labute approximate surface area is 170 Å². The lowest BCUT2D eigenvalue weighted by Gasteiger charge is -2.38. The van der Waals surface area contributed by atoms with Gasteiger partial charge in [-0.2, -0.15) is 15.0 Å². The molecule has 1 aliphatic heterocycles. The summed E-state index contributed by atoms with van der Waals surface area (Å²) in [6.07, 6.45) is 0.411. The second-order valence-corrected chi connectivity index (χ2v) is 7.43. The molecule has 1 amide bonds. The Morgan fingerprint density at radius 3 is 2.21 bits per heavy atom. The van der Waals surface area contributed by atoms with E-state index in [4.69, 9.17) is 4.74 Å². The van der Waals surface area contributed by atoms with E-state index in [-0.39, 0.29) is 18.1 Å². The van der Waals surface area contributed by atoms with Crippen molar-refractivity contribution in [2.24, 2.45) is 0 Å². The van der Waals surface area contributed by atoms with Crippen LogP contribution in [0.1, 0.15) is 31.1 Å². The van der Waals surface area contributed by atoms with Crippen molar-refractivity contribution in [1.29, 1.82) is 0 Å². The first kappa shape index (κ1) is 19.5. The average molecular weight is 393 g/mol. The number of benzene rings is 2. The molecule has 0 aliphatic carbocycles. The molecule has 2 atom stereocenters. The summed E-state index contributed by atoms with van der Waals surface area (Å²) in [5, 5.41) is 9.35. The van der Waals surface area contributed by atoms with Crippen molar-refractivity contribution in [3.05, 3.63) is 60.2 Å². The number of rotatable bonds is 6. The van der Waals surface area contributed by atoms with Crippen LogP contribution >= 0.6 is 0 Å². The number of carbonyl (C=O) groups excluding carboxylic acids is 1. The molecule has 2 heterocycles. The lowest BCUT2D eigenvalue weighted by Crippen LogP contribution is -2.42. The molecule has 0 N–H and O–H groups in total. The van der Waals surface area contributed by atoms with Gasteiger partial charge in [0, 0.05) is 39.5 Å². The van der Waals surface area contributed by atoms with Gasteiger partial charge in [-0.1, -0.05) is 42.5 Å². The van der Waals surface area contributed by atoms with E-state index in [1.54, 1.807) is 16.6 Å². The second-order valence-electron chi connectivity index (χ2n) is 7.43. The normalized spacial score (nSPS) is 17.2. The van der Waals surface area contributed by atoms with Gasteiger partial charge in [-0.3, -0.25) is 9.69 Å². The van der Waals surface area contributed by atoms with Crippen LogP contribution in [-0.2, 0) is 9.53 Å². The molecular formula is C22H27N5O2. The third kappa shape index (κ3) is 4.31. The lowest BCUT2D eigenvalue weighted by molar-refractivity contribution is -0.132. The largest absolute Gasteiger partial charge is 0.379 e. The van der Waals surface area contributed by atoms with E-state index in [0.29, 0.717) is 6.42 Å². The summed E-state index contributed by atoms with van der Waals surface area (Å²) in [5.41, 5.74) is 2.89. The van der Waals surface area contributed by atoms with Crippen LogP contribution < -0.4 is 0 Å². The number of ether oxygens (including phenoxy) is 1. The fraction of sp³-hybridized carbons (Fsp3) is 0.409. The van der Waals surface area contributed by atoms with Crippen LogP contribution in [0.4, 0.5) is 0 Å². The van der Waals surface area contributed by atoms with Gasteiger partial charge in [0.25, 0.3) is 0 Å². The van der Waals surface area contributed by atoms with Crippen LogP contribution in [0.25, 0.3) is 11.0 Å². The topological polar surface area (TPSA) is 63.5 Å². The lowest BCUT2D eigenvalue weighted by atomic mass is 9.99. The molecule has 7 nitrogen and oxygen atoms in total. The number of nitrogens with zero attached hydrogens (tertiary/aromatic N) is 5. The summed E-state index contributed by atoms with van der Waals surface area (Å²) in [4.78, 5) is 18.2. The molecule has 0 saturated carbocycles. The molecule has 1 aliphatic rings. The molecular weight excluding hydrogens is 366 g/mol. The molecule has 3 aromatic rings. The van der Waals surface area contributed by atoms with Crippen molar-refractivity contribution in [2.45, 2.75) is 25.6 Å². The zero-order valence-electron chi connectivity index (χ0n) is 16.9. The molecule has 7 heteroatoms. The highest BCUT2D eigenvalue weighted by molar-refractivity contribution is 5.74. The maximum absolute atomic E-state index is 12.3. The summed E-state index contributed by atoms with van der Waals surface area (Å²) in [5.74, 6) is -0.00912. The first-order valence-corrected chi connectivity index (χ1v) is 10.0. The zero-order chi connectivity index (χ0) is 20.2. The third-order valence-corrected chi connectivity index (χ3v) is 5.62. The van der Waals surface area contributed by atoms with E-state index < -0.39 is 0 Å². The van der Waals surface area contributed by atoms with Crippen LogP contribution in [0, 0.1) is 0 Å². The van der Waals surface area contributed by atoms with Crippen molar-refractivity contribution in [3.8, 4) is 0 Å². The minimum Gasteiger partial charge on any atom is -0.379 e. The highest BCUT2D eigenvalue weighted by atomic mass is 16.5. The fourth-order valence-electron chi connectivity index (χ4n) is 3.89. The minimum atomic E-state index is -0.284. The first-order chi connectivity index (χ1) is 14.1. The predicted molar refractivity (Wildman–Crippen MR) is 111 cm³/mol. The SMILES string of the molecule is CC(=O)N(C)C(CC(c1ccccc1)N1CCOCC1)n1nc2ccccc2n1. The van der Waals surface area contributed by atoms with Gasteiger partial charge in [-0.15, -0.1) is 0 Å². The van der Waals surface area contributed by atoms with E-state index in [9.17, 15) is 4.79 Å². The number of morpholine rings is 1. The van der Waals surface area contributed by atoms with Crippen molar-refractivity contribution in [1.82, 2.24) is 24.8 Å². The van der Waals surface area contributed by atoms with Gasteiger partial charge in [0.05, 0.1) is 13.2 Å². The minimum absolute atomic E-state index is 0.00912. The van der Waals surface area contributed by atoms with Gasteiger partial charge in [0.1, 0.15) is 17.2 Å². The Morgan fingerprint density at radius 1 is 1.03 bits per heavy atom. The van der Waals surface area contributed by atoms with Crippen LogP contribution in [0.3, 0.4) is 0 Å². The molecule has 1 fully saturated rings. The highest BCUT2D eigenvalue weighted by Gasteiger charge is 2.30. The van der Waals surface area contributed by atoms with Crippen molar-refractivity contribution in [3.63, 3.8) is 0 Å². The maximum Gasteiger partial charge on any atom is 0.220 e. The Morgan fingerprint density at radius 2 is 1.62 bits per heavy atom. The second kappa shape index (κ2) is 8.71. The molecule has 2 aromatic carbocycles. The Kier molecular flexibility index (Phi) is 5.87. The number of hydrogen-bond acceptors (Lipinski definition) is 5. The summed E-state index contributed by atoms with van der Waals surface area (Å²) in [6, 6.07) is 18.4. The molecule has 0 radical (unpaired) electrons. The van der Waals surface area contributed by atoms with Crippen LogP contribution in [0.5, 0.6) is 0 Å². The average Bonchev–Trinajstić information content (AvgIpc) is 3.19. The number of aromatic nitrogens is 3. The quantitative estimate of drug-likeness (QED) is 0.644. The van der Waals surface area contributed by atoms with Crippen LogP contribution in [-0.4, -0.2) is 64.1 Å². The van der Waals surface area contributed by atoms with Crippen molar-refractivity contribution in [2.75, 3.05) is 33.4 Å². The van der Waals surface area contributed by atoms with Crippen LogP contribution in [0.2, 0.25) is 0 Å². The summed E-state index contributed by atoms with van der Waals surface area (Å²) < 4.78 is 5.56. The Balaban J connectivity index is 1.70. The van der Waals surface area contributed by atoms with E-state index in [2.05, 4.69) is 39.4 Å². The highest BCUT2D eigenvalue weighted by Crippen LogP contribution is 2.32. The monoisotopic (exact) mass is 393 g/mol. The van der Waals surface area contributed by atoms with E-state index in [0.717, 1.165) is 37.3 Å². The molecule has 2 unspecified atom stereocenters. The van der Waals surface area contributed by atoms with Gasteiger partial charge in [0.15, 0.2) is 0 Å². The molecule has 1 saturated heterocycles. The Bertz CT molecular complexity index is 919. The van der Waals surface area contributed by atoms with Crippen molar-refractivity contribution < 1.29 is 9.53 Å². The Hall–Kier alpha value is -2.77. The zero-order valence-corrected chi connectivity index (χ0v) is 16.9. The number of hydrogen-bond donors (Lipinski definition) is 0. The molecule has 1 aromatic heterocycles. The molecule has 0 bridgehead atoms. The standard InChI is InChI=1S/C22H27N5O2/c1-17(28)25(2)22(27-23-19-10-6-7-11-20(19)24-27)16-21(18-8-4-3-5-9-18)26-12-14-29-15-13-26/h3-11,21-22H,12-16H2,1-2H3. The first-order valence-electron chi connectivity index (χ1n) is 10.0. The van der Waals surface area contributed by atoms with E-state index >= 15 is 0 Å². The smallest absolute Gasteiger partial charge is 0.220 e. The number of carbonyl (C=O) groups is 1. The van der Waals surface area contributed by atoms with Gasteiger partial charge < -0.3 is 9.64 Å². The van der Waals surface area contributed by atoms with Gasteiger partial charge in [-0.05, 0) is 17.7 Å². The molecule has 29 heavy (non-hydrogen) atoms. The van der Waals surface area contributed by atoms with Gasteiger partial charge in [-0.25, -0.2) is 0 Å². The maximum atomic E-state index is 12.3. The van der Waals surface area contributed by atoms with Crippen LogP contribution in [0.15, 0.2) is 54.6 Å². The molecule has 0 spiro atoms. The fourth-order valence-corrected chi connectivity index (χ4v) is 3.89. The van der Waals surface area contributed by atoms with Crippen molar-refractivity contribution >= 4 is 16.9 Å². The molecule has 4 rings (SSSR count). The van der Waals surface area contributed by atoms with E-state index in [1.165, 1.54) is 5.56 Å². The number of fused-ring (bicyclic) bond motifs is 1. The predicted octanol–water partition coefficient (Wildman–Crippen LogP) is 2.87.